The highest BCUT2D eigenvalue weighted by Crippen LogP contribution is 2.43. The molecule has 0 saturated carbocycles. The molecule has 0 radical (unpaired) electrons. The maximum Gasteiger partial charge on any atom is 0.122 e. The number of fused-ring (bicyclic) bond motifs is 3. The third kappa shape index (κ3) is 3.00. The maximum absolute atomic E-state index is 5.58. The van der Waals surface area contributed by atoms with E-state index in [4.69, 9.17) is 9.47 Å². The van der Waals surface area contributed by atoms with Crippen LogP contribution < -0.4 is 4.74 Å². The lowest BCUT2D eigenvalue weighted by Crippen LogP contribution is -2.43. The Hall–Kier alpha value is -1.10. The van der Waals surface area contributed by atoms with E-state index in [1.54, 1.807) is 12.7 Å². The van der Waals surface area contributed by atoms with Crippen LogP contribution in [-0.4, -0.2) is 68.9 Å². The summed E-state index contributed by atoms with van der Waals surface area (Å²) in [4.78, 5) is 5.29. The third-order valence-electron chi connectivity index (χ3n) is 5.95. The predicted molar refractivity (Wildman–Crippen MR) is 91.3 cm³/mol. The summed E-state index contributed by atoms with van der Waals surface area (Å²) < 4.78 is 11.0. The number of methoxy groups -OCH3 is 1. The Morgan fingerprint density at radius 3 is 2.83 bits per heavy atom. The third-order valence-corrected chi connectivity index (χ3v) is 5.95. The van der Waals surface area contributed by atoms with Gasteiger partial charge in [0.25, 0.3) is 0 Å². The highest BCUT2D eigenvalue weighted by Gasteiger charge is 2.39. The van der Waals surface area contributed by atoms with Gasteiger partial charge in [0.1, 0.15) is 5.75 Å². The van der Waals surface area contributed by atoms with Crippen LogP contribution in [0.5, 0.6) is 5.75 Å². The molecule has 2 heterocycles. The molecule has 126 valence electrons. The van der Waals surface area contributed by atoms with Gasteiger partial charge in [0, 0.05) is 38.1 Å². The summed E-state index contributed by atoms with van der Waals surface area (Å²) >= 11 is 0. The molecule has 1 aliphatic carbocycles. The van der Waals surface area contributed by atoms with Crippen LogP contribution in [0.3, 0.4) is 0 Å². The molecule has 4 heteroatoms. The quantitative estimate of drug-likeness (QED) is 0.850. The van der Waals surface area contributed by atoms with Gasteiger partial charge in [-0.1, -0.05) is 12.1 Å². The fourth-order valence-corrected chi connectivity index (χ4v) is 4.72. The van der Waals surface area contributed by atoms with Gasteiger partial charge < -0.3 is 9.47 Å². The fraction of sp³-hybridized carbons (Fsp3) is 0.684. The molecular formula is C19H28N2O2. The van der Waals surface area contributed by atoms with Gasteiger partial charge in [0.05, 0.1) is 20.3 Å². The second-order valence-electron chi connectivity index (χ2n) is 7.02. The molecule has 2 unspecified atom stereocenters. The minimum absolute atomic E-state index is 0.707. The van der Waals surface area contributed by atoms with Gasteiger partial charge in [0.15, 0.2) is 0 Å². The minimum Gasteiger partial charge on any atom is -0.496 e. The van der Waals surface area contributed by atoms with Crippen LogP contribution in [-0.2, 0) is 11.2 Å². The number of benzene rings is 1. The molecule has 0 spiro atoms. The van der Waals surface area contributed by atoms with Crippen molar-refractivity contribution in [1.82, 2.24) is 9.80 Å². The summed E-state index contributed by atoms with van der Waals surface area (Å²) in [6.45, 7) is 7.65. The Morgan fingerprint density at radius 1 is 1.13 bits per heavy atom. The number of nitrogens with zero attached hydrogens (tertiary/aromatic N) is 2. The van der Waals surface area contributed by atoms with Crippen molar-refractivity contribution in [1.29, 1.82) is 0 Å². The predicted octanol–water partition coefficient (Wildman–Crippen LogP) is 2.13. The molecule has 1 aromatic rings. The normalized spacial score (nSPS) is 28.4. The standard InChI is InChI=1S/C19H28N2O2/c1-22-19-4-2-3-15-16-7-8-21(18(16)6-5-17(15)19)10-9-20-11-13-23-14-12-20/h2-4,16,18H,5-14H2,1H3. The zero-order chi connectivity index (χ0) is 15.6. The average Bonchev–Trinajstić information content (AvgIpc) is 3.04. The zero-order valence-corrected chi connectivity index (χ0v) is 14.2. The van der Waals surface area contributed by atoms with E-state index in [1.165, 1.54) is 38.0 Å². The Balaban J connectivity index is 1.42. The highest BCUT2D eigenvalue weighted by atomic mass is 16.5. The second-order valence-corrected chi connectivity index (χ2v) is 7.02. The molecule has 0 N–H and O–H groups in total. The maximum atomic E-state index is 5.58. The second kappa shape index (κ2) is 6.80. The van der Waals surface area contributed by atoms with E-state index >= 15 is 0 Å². The number of rotatable bonds is 4. The molecule has 4 rings (SSSR count). The summed E-state index contributed by atoms with van der Waals surface area (Å²) in [6, 6.07) is 7.34. The van der Waals surface area contributed by atoms with Crippen molar-refractivity contribution in [2.75, 3.05) is 53.0 Å². The van der Waals surface area contributed by atoms with Crippen LogP contribution in [0.1, 0.15) is 29.9 Å². The number of likely N-dealkylation sites (tertiary alicyclic amines) is 1. The van der Waals surface area contributed by atoms with E-state index in [9.17, 15) is 0 Å². The van der Waals surface area contributed by atoms with Gasteiger partial charge in [-0.15, -0.1) is 0 Å². The van der Waals surface area contributed by atoms with Crippen molar-refractivity contribution in [2.45, 2.75) is 31.2 Å². The number of hydrogen-bond donors (Lipinski definition) is 0. The first-order valence-electron chi connectivity index (χ1n) is 9.07. The van der Waals surface area contributed by atoms with Crippen molar-refractivity contribution in [3.63, 3.8) is 0 Å². The number of hydrogen-bond acceptors (Lipinski definition) is 4. The molecule has 3 aliphatic rings. The topological polar surface area (TPSA) is 24.9 Å². The fourth-order valence-electron chi connectivity index (χ4n) is 4.72. The molecule has 23 heavy (non-hydrogen) atoms. The highest BCUT2D eigenvalue weighted by molar-refractivity contribution is 5.45. The first-order valence-corrected chi connectivity index (χ1v) is 9.07. The molecule has 4 nitrogen and oxygen atoms in total. The zero-order valence-electron chi connectivity index (χ0n) is 14.2. The van der Waals surface area contributed by atoms with E-state index < -0.39 is 0 Å². The van der Waals surface area contributed by atoms with Gasteiger partial charge in [-0.05, 0) is 43.0 Å². The van der Waals surface area contributed by atoms with Crippen LogP contribution in [0.2, 0.25) is 0 Å². The van der Waals surface area contributed by atoms with E-state index in [-0.39, 0.29) is 0 Å². The van der Waals surface area contributed by atoms with Gasteiger partial charge in [0.2, 0.25) is 0 Å². The Morgan fingerprint density at radius 2 is 2.00 bits per heavy atom. The van der Waals surface area contributed by atoms with Crippen molar-refractivity contribution < 1.29 is 9.47 Å². The van der Waals surface area contributed by atoms with Crippen molar-refractivity contribution in [3.05, 3.63) is 29.3 Å². The molecule has 0 aromatic heterocycles. The van der Waals surface area contributed by atoms with Gasteiger partial charge in [-0.25, -0.2) is 0 Å². The number of morpholine rings is 1. The summed E-state index contributed by atoms with van der Waals surface area (Å²) in [7, 11) is 1.80. The Labute approximate surface area is 139 Å². The first kappa shape index (κ1) is 15.4. The SMILES string of the molecule is COc1cccc2c1CCC1C2CCN1CCN1CCOCC1. The van der Waals surface area contributed by atoms with Crippen molar-refractivity contribution in [3.8, 4) is 5.75 Å². The lowest BCUT2D eigenvalue weighted by atomic mass is 9.79. The van der Waals surface area contributed by atoms with Gasteiger partial charge in [-0.3, -0.25) is 9.80 Å². The molecule has 2 aliphatic heterocycles. The Kier molecular flexibility index (Phi) is 4.56. The van der Waals surface area contributed by atoms with Crippen molar-refractivity contribution >= 4 is 0 Å². The molecule has 0 amide bonds. The van der Waals surface area contributed by atoms with Gasteiger partial charge >= 0.3 is 0 Å². The van der Waals surface area contributed by atoms with Crippen LogP contribution in [0, 0.1) is 0 Å². The van der Waals surface area contributed by atoms with Crippen LogP contribution in [0.15, 0.2) is 18.2 Å². The molecule has 2 saturated heterocycles. The van der Waals surface area contributed by atoms with Crippen LogP contribution >= 0.6 is 0 Å². The van der Waals surface area contributed by atoms with Crippen LogP contribution in [0.4, 0.5) is 0 Å². The van der Waals surface area contributed by atoms with Gasteiger partial charge in [-0.2, -0.15) is 0 Å². The van der Waals surface area contributed by atoms with E-state index in [0.717, 1.165) is 44.5 Å². The monoisotopic (exact) mass is 316 g/mol. The number of ether oxygens (including phenoxy) is 2. The van der Waals surface area contributed by atoms with E-state index in [0.29, 0.717) is 5.92 Å². The summed E-state index contributed by atoms with van der Waals surface area (Å²) in [5.41, 5.74) is 3.01. The smallest absolute Gasteiger partial charge is 0.122 e. The molecule has 1 aromatic carbocycles. The summed E-state index contributed by atoms with van der Waals surface area (Å²) in [5, 5.41) is 0. The molecular weight excluding hydrogens is 288 g/mol. The lowest BCUT2D eigenvalue weighted by Gasteiger charge is -2.35. The summed E-state index contributed by atoms with van der Waals surface area (Å²) in [6.07, 6.45) is 3.74. The minimum atomic E-state index is 0.707. The van der Waals surface area contributed by atoms with E-state index in [2.05, 4.69) is 28.0 Å². The Bertz CT molecular complexity index is 542. The average molecular weight is 316 g/mol. The first-order chi connectivity index (χ1) is 11.4. The molecule has 2 atom stereocenters. The van der Waals surface area contributed by atoms with E-state index in [1.807, 2.05) is 0 Å². The summed E-state index contributed by atoms with van der Waals surface area (Å²) in [5.74, 6) is 1.80. The molecule has 2 fully saturated rings. The van der Waals surface area contributed by atoms with Crippen LogP contribution in [0.25, 0.3) is 0 Å². The lowest BCUT2D eigenvalue weighted by molar-refractivity contribution is 0.0322. The van der Waals surface area contributed by atoms with Crippen molar-refractivity contribution in [2.24, 2.45) is 0 Å². The molecule has 0 bridgehead atoms. The largest absolute Gasteiger partial charge is 0.496 e.